The molecule has 0 bridgehead atoms. The van der Waals surface area contributed by atoms with Crippen LogP contribution in [-0.4, -0.2) is 4.40 Å². The molecular formula is C27H19N. The number of hydrogen-bond donors (Lipinski definition) is 0. The Morgan fingerprint density at radius 3 is 1.89 bits per heavy atom. The van der Waals surface area contributed by atoms with Crippen LogP contribution in [0.5, 0.6) is 0 Å². The number of pyridine rings is 1. The van der Waals surface area contributed by atoms with E-state index in [1.165, 1.54) is 54.8 Å². The number of nitrogens with zero attached hydrogens (tertiary/aromatic N) is 1. The molecular weight excluding hydrogens is 338 g/mol. The molecule has 0 unspecified atom stereocenters. The van der Waals surface area contributed by atoms with E-state index in [2.05, 4.69) is 108 Å². The average Bonchev–Trinajstić information content (AvgIpc) is 3.10. The van der Waals surface area contributed by atoms with Crippen LogP contribution in [0.2, 0.25) is 0 Å². The van der Waals surface area contributed by atoms with Gasteiger partial charge in [0.25, 0.3) is 0 Å². The fourth-order valence-electron chi connectivity index (χ4n) is 4.62. The van der Waals surface area contributed by atoms with Gasteiger partial charge in [0.05, 0.1) is 16.7 Å². The van der Waals surface area contributed by atoms with Crippen molar-refractivity contribution in [1.82, 2.24) is 4.40 Å². The molecule has 6 rings (SSSR count). The third-order valence-corrected chi connectivity index (χ3v) is 5.80. The highest BCUT2D eigenvalue weighted by atomic mass is 14.9. The second-order valence-corrected chi connectivity index (χ2v) is 7.51. The van der Waals surface area contributed by atoms with Gasteiger partial charge in [-0.2, -0.15) is 0 Å². The van der Waals surface area contributed by atoms with Gasteiger partial charge in [0, 0.05) is 21.5 Å². The standard InChI is InChI=1S/C27H19N/c1-18-15-16-25-24(17-18)20-11-5-6-12-21(20)27-23-14-8-7-13-22(23)26(28(25)27)19-9-3-2-4-10-19/h2-17H,1H3. The molecule has 0 aliphatic rings. The molecule has 0 aliphatic carbocycles. The lowest BCUT2D eigenvalue weighted by atomic mass is 10.0. The lowest BCUT2D eigenvalue weighted by Crippen LogP contribution is -1.94. The minimum Gasteiger partial charge on any atom is -0.307 e. The smallest absolute Gasteiger partial charge is 0.0620 e. The maximum atomic E-state index is 2.47. The minimum absolute atomic E-state index is 1.25. The van der Waals surface area contributed by atoms with Gasteiger partial charge in [-0.05, 0) is 30.0 Å². The van der Waals surface area contributed by atoms with E-state index in [9.17, 15) is 0 Å². The molecule has 0 saturated heterocycles. The van der Waals surface area contributed by atoms with Crippen molar-refractivity contribution in [3.05, 3.63) is 103 Å². The molecule has 0 N–H and O–H groups in total. The highest BCUT2D eigenvalue weighted by Crippen LogP contribution is 2.41. The zero-order valence-electron chi connectivity index (χ0n) is 15.7. The van der Waals surface area contributed by atoms with E-state index in [0.29, 0.717) is 0 Å². The van der Waals surface area contributed by atoms with Crippen molar-refractivity contribution >= 4 is 38.0 Å². The van der Waals surface area contributed by atoms with Crippen LogP contribution in [-0.2, 0) is 0 Å². The summed E-state index contributed by atoms with van der Waals surface area (Å²) in [4.78, 5) is 0. The summed E-state index contributed by atoms with van der Waals surface area (Å²) in [6, 6.07) is 35.1. The molecule has 0 spiro atoms. The van der Waals surface area contributed by atoms with Gasteiger partial charge < -0.3 is 4.40 Å². The molecule has 1 nitrogen and oxygen atoms in total. The van der Waals surface area contributed by atoms with Gasteiger partial charge in [0.15, 0.2) is 0 Å². The zero-order chi connectivity index (χ0) is 18.7. The van der Waals surface area contributed by atoms with Crippen molar-refractivity contribution < 1.29 is 0 Å². The first-order valence-corrected chi connectivity index (χ1v) is 9.72. The number of aryl methyl sites for hydroxylation is 1. The molecule has 6 aromatic rings. The van der Waals surface area contributed by atoms with Gasteiger partial charge in [-0.25, -0.2) is 0 Å². The van der Waals surface area contributed by atoms with Crippen molar-refractivity contribution in [2.75, 3.05) is 0 Å². The maximum Gasteiger partial charge on any atom is 0.0620 e. The molecule has 0 amide bonds. The second kappa shape index (κ2) is 5.71. The Labute approximate surface area is 163 Å². The molecule has 0 saturated carbocycles. The summed E-state index contributed by atoms with van der Waals surface area (Å²) in [7, 11) is 0. The molecule has 0 radical (unpaired) electrons. The summed E-state index contributed by atoms with van der Waals surface area (Å²) < 4.78 is 2.47. The zero-order valence-corrected chi connectivity index (χ0v) is 15.7. The molecule has 0 atom stereocenters. The van der Waals surface area contributed by atoms with E-state index in [-0.39, 0.29) is 0 Å². The fourth-order valence-corrected chi connectivity index (χ4v) is 4.62. The van der Waals surface area contributed by atoms with Gasteiger partial charge in [-0.3, -0.25) is 0 Å². The molecule has 28 heavy (non-hydrogen) atoms. The lowest BCUT2D eigenvalue weighted by Gasteiger charge is -2.13. The van der Waals surface area contributed by atoms with Crippen LogP contribution in [0.3, 0.4) is 0 Å². The normalized spacial score (nSPS) is 11.8. The topological polar surface area (TPSA) is 4.41 Å². The Kier molecular flexibility index (Phi) is 3.15. The van der Waals surface area contributed by atoms with E-state index >= 15 is 0 Å². The van der Waals surface area contributed by atoms with Crippen molar-refractivity contribution in [1.29, 1.82) is 0 Å². The number of hydrogen-bond acceptors (Lipinski definition) is 0. The van der Waals surface area contributed by atoms with Crippen LogP contribution in [0.1, 0.15) is 5.56 Å². The number of benzene rings is 4. The highest BCUT2D eigenvalue weighted by molar-refractivity contribution is 6.22. The van der Waals surface area contributed by atoms with Gasteiger partial charge in [0.2, 0.25) is 0 Å². The van der Waals surface area contributed by atoms with Crippen molar-refractivity contribution in [3.63, 3.8) is 0 Å². The van der Waals surface area contributed by atoms with Crippen molar-refractivity contribution in [2.24, 2.45) is 0 Å². The van der Waals surface area contributed by atoms with Crippen molar-refractivity contribution in [2.45, 2.75) is 6.92 Å². The van der Waals surface area contributed by atoms with Crippen LogP contribution < -0.4 is 0 Å². The Bertz CT molecular complexity index is 1500. The van der Waals surface area contributed by atoms with Crippen LogP contribution in [0, 0.1) is 6.92 Å². The maximum absolute atomic E-state index is 2.47. The summed E-state index contributed by atoms with van der Waals surface area (Å²) in [5.41, 5.74) is 6.35. The predicted octanol–water partition coefficient (Wildman–Crippen LogP) is 7.37. The summed E-state index contributed by atoms with van der Waals surface area (Å²) in [6.45, 7) is 2.17. The number of fused-ring (bicyclic) bond motifs is 8. The number of aromatic nitrogens is 1. The molecule has 2 aromatic heterocycles. The van der Waals surface area contributed by atoms with Gasteiger partial charge in [0.1, 0.15) is 0 Å². The third kappa shape index (κ3) is 2.02. The first-order chi connectivity index (χ1) is 13.8. The summed E-state index contributed by atoms with van der Waals surface area (Å²) >= 11 is 0. The molecule has 0 aliphatic heterocycles. The molecule has 2 heterocycles. The molecule has 1 heteroatoms. The van der Waals surface area contributed by atoms with E-state index < -0.39 is 0 Å². The monoisotopic (exact) mass is 357 g/mol. The van der Waals surface area contributed by atoms with Crippen LogP contribution in [0.4, 0.5) is 0 Å². The quantitative estimate of drug-likeness (QED) is 0.270. The summed E-state index contributed by atoms with van der Waals surface area (Å²) in [5, 5.41) is 6.53. The molecule has 132 valence electrons. The van der Waals surface area contributed by atoms with Gasteiger partial charge in [-0.15, -0.1) is 0 Å². The average molecular weight is 357 g/mol. The highest BCUT2D eigenvalue weighted by Gasteiger charge is 2.18. The Balaban J connectivity index is 2.01. The van der Waals surface area contributed by atoms with E-state index in [4.69, 9.17) is 0 Å². The van der Waals surface area contributed by atoms with E-state index in [1.54, 1.807) is 0 Å². The molecule has 0 fully saturated rings. The summed E-state index contributed by atoms with van der Waals surface area (Å²) in [5.74, 6) is 0. The molecule has 4 aromatic carbocycles. The van der Waals surface area contributed by atoms with Crippen LogP contribution >= 0.6 is 0 Å². The van der Waals surface area contributed by atoms with Gasteiger partial charge >= 0.3 is 0 Å². The van der Waals surface area contributed by atoms with E-state index in [1.807, 2.05) is 0 Å². The first kappa shape index (κ1) is 15.5. The predicted molar refractivity (Wildman–Crippen MR) is 120 cm³/mol. The SMILES string of the molecule is Cc1ccc2c(c1)c1ccccc1c1c3ccccc3c(-c3ccccc3)n21. The van der Waals surface area contributed by atoms with Gasteiger partial charge in [-0.1, -0.05) is 90.5 Å². The van der Waals surface area contributed by atoms with Crippen LogP contribution in [0.25, 0.3) is 49.2 Å². The largest absolute Gasteiger partial charge is 0.307 e. The third-order valence-electron chi connectivity index (χ3n) is 5.80. The second-order valence-electron chi connectivity index (χ2n) is 7.51. The van der Waals surface area contributed by atoms with Crippen LogP contribution in [0.15, 0.2) is 97.1 Å². The minimum atomic E-state index is 1.25. The van der Waals surface area contributed by atoms with E-state index in [0.717, 1.165) is 0 Å². The number of rotatable bonds is 1. The van der Waals surface area contributed by atoms with Crippen molar-refractivity contribution in [3.8, 4) is 11.3 Å². The Morgan fingerprint density at radius 2 is 1.14 bits per heavy atom. The fraction of sp³-hybridized carbons (Fsp3) is 0.0370. The summed E-state index contributed by atoms with van der Waals surface area (Å²) in [6.07, 6.45) is 0. The Hall–Kier alpha value is -3.58. The first-order valence-electron chi connectivity index (χ1n) is 9.72. The Morgan fingerprint density at radius 1 is 0.536 bits per heavy atom. The lowest BCUT2D eigenvalue weighted by molar-refractivity contribution is 1.29.